The average molecular weight is 246 g/mol. The lowest BCUT2D eigenvalue weighted by molar-refractivity contribution is 0.0426. The van der Waals surface area contributed by atoms with Gasteiger partial charge in [0.1, 0.15) is 0 Å². The summed E-state index contributed by atoms with van der Waals surface area (Å²) in [7, 11) is 0. The van der Waals surface area contributed by atoms with Crippen molar-refractivity contribution in [2.45, 2.75) is 52.1 Å². The van der Waals surface area contributed by atoms with E-state index in [0.717, 1.165) is 37.7 Å². The standard InChI is InChI=1S/C17H26O/c1-4-7-14-17(6-3,13-5-2)16(18)15-11-9-8-10-12-15/h6,8-12,16,18H,3-5,7,13-14H2,1-2H3/t16-,17+/m1/s1. The minimum atomic E-state index is -0.442. The first-order valence-corrected chi connectivity index (χ1v) is 7.06. The van der Waals surface area contributed by atoms with Crippen molar-refractivity contribution in [1.29, 1.82) is 0 Å². The van der Waals surface area contributed by atoms with Gasteiger partial charge in [-0.1, -0.05) is 69.5 Å². The Hall–Kier alpha value is -1.08. The van der Waals surface area contributed by atoms with E-state index >= 15 is 0 Å². The van der Waals surface area contributed by atoms with Crippen molar-refractivity contribution in [2.24, 2.45) is 5.41 Å². The van der Waals surface area contributed by atoms with E-state index in [9.17, 15) is 5.11 Å². The fourth-order valence-electron chi connectivity index (χ4n) is 2.65. The van der Waals surface area contributed by atoms with Gasteiger partial charge >= 0.3 is 0 Å². The first kappa shape index (κ1) is 15.0. The van der Waals surface area contributed by atoms with Gasteiger partial charge in [-0.2, -0.15) is 0 Å². The average Bonchev–Trinajstić information content (AvgIpc) is 2.44. The molecule has 0 radical (unpaired) electrons. The molecule has 0 bridgehead atoms. The molecule has 0 heterocycles. The molecule has 0 amide bonds. The summed E-state index contributed by atoms with van der Waals surface area (Å²) in [6.07, 6.45) is 6.90. The largest absolute Gasteiger partial charge is 0.388 e. The Morgan fingerprint density at radius 1 is 1.17 bits per heavy atom. The van der Waals surface area contributed by atoms with Crippen LogP contribution in [0.1, 0.15) is 57.6 Å². The molecule has 0 fully saturated rings. The fourth-order valence-corrected chi connectivity index (χ4v) is 2.65. The third-order valence-corrected chi connectivity index (χ3v) is 3.78. The van der Waals surface area contributed by atoms with Crippen LogP contribution in [0, 0.1) is 5.41 Å². The summed E-state index contributed by atoms with van der Waals surface area (Å²) in [6, 6.07) is 9.96. The number of hydrogen-bond donors (Lipinski definition) is 1. The van der Waals surface area contributed by atoms with Crippen molar-refractivity contribution in [3.05, 3.63) is 48.6 Å². The Morgan fingerprint density at radius 3 is 2.33 bits per heavy atom. The normalized spacial score (nSPS) is 15.9. The van der Waals surface area contributed by atoms with Gasteiger partial charge in [0, 0.05) is 5.41 Å². The predicted octanol–water partition coefficient (Wildman–Crippen LogP) is 4.88. The van der Waals surface area contributed by atoms with Crippen LogP contribution in [-0.2, 0) is 0 Å². The zero-order valence-electron chi connectivity index (χ0n) is 11.7. The van der Waals surface area contributed by atoms with E-state index in [0.29, 0.717) is 0 Å². The Bertz CT molecular complexity index is 344. The number of rotatable bonds is 8. The zero-order valence-corrected chi connectivity index (χ0v) is 11.7. The maximum atomic E-state index is 10.7. The fraction of sp³-hybridized carbons (Fsp3) is 0.529. The van der Waals surface area contributed by atoms with Crippen LogP contribution >= 0.6 is 0 Å². The molecular formula is C17H26O. The van der Waals surface area contributed by atoms with Crippen LogP contribution in [-0.4, -0.2) is 5.11 Å². The molecule has 0 saturated heterocycles. The van der Waals surface area contributed by atoms with E-state index in [-0.39, 0.29) is 5.41 Å². The molecule has 100 valence electrons. The molecule has 0 aliphatic heterocycles. The molecule has 0 spiro atoms. The summed E-state index contributed by atoms with van der Waals surface area (Å²) in [5.41, 5.74) is 0.827. The molecule has 0 aliphatic carbocycles. The van der Waals surface area contributed by atoms with Crippen LogP contribution in [0.15, 0.2) is 43.0 Å². The summed E-state index contributed by atoms with van der Waals surface area (Å²) in [4.78, 5) is 0. The van der Waals surface area contributed by atoms with E-state index in [4.69, 9.17) is 0 Å². The van der Waals surface area contributed by atoms with Gasteiger partial charge in [0.2, 0.25) is 0 Å². The summed E-state index contributed by atoms with van der Waals surface area (Å²) >= 11 is 0. The van der Waals surface area contributed by atoms with Gasteiger partial charge in [0.25, 0.3) is 0 Å². The van der Waals surface area contributed by atoms with Crippen LogP contribution in [0.4, 0.5) is 0 Å². The molecule has 18 heavy (non-hydrogen) atoms. The van der Waals surface area contributed by atoms with Crippen LogP contribution in [0.2, 0.25) is 0 Å². The number of unbranched alkanes of at least 4 members (excludes halogenated alkanes) is 1. The maximum absolute atomic E-state index is 10.7. The van der Waals surface area contributed by atoms with Gasteiger partial charge in [-0.25, -0.2) is 0 Å². The lowest BCUT2D eigenvalue weighted by Crippen LogP contribution is -2.27. The van der Waals surface area contributed by atoms with Crippen LogP contribution in [0.3, 0.4) is 0 Å². The quantitative estimate of drug-likeness (QED) is 0.648. The molecule has 0 aromatic heterocycles. The predicted molar refractivity (Wildman–Crippen MR) is 78.5 cm³/mol. The smallest absolute Gasteiger partial charge is 0.0880 e. The topological polar surface area (TPSA) is 20.2 Å². The Morgan fingerprint density at radius 2 is 1.83 bits per heavy atom. The summed E-state index contributed by atoms with van der Waals surface area (Å²) in [5, 5.41) is 10.7. The van der Waals surface area contributed by atoms with Crippen molar-refractivity contribution < 1.29 is 5.11 Å². The molecule has 0 saturated carbocycles. The Balaban J connectivity index is 2.97. The molecule has 0 unspecified atom stereocenters. The molecule has 1 aromatic carbocycles. The minimum absolute atomic E-state index is 0.174. The molecule has 1 N–H and O–H groups in total. The molecule has 1 rings (SSSR count). The van der Waals surface area contributed by atoms with E-state index in [1.54, 1.807) is 0 Å². The van der Waals surface area contributed by atoms with E-state index in [1.165, 1.54) is 0 Å². The van der Waals surface area contributed by atoms with Crippen LogP contribution in [0.25, 0.3) is 0 Å². The summed E-state index contributed by atoms with van der Waals surface area (Å²) in [5.74, 6) is 0. The monoisotopic (exact) mass is 246 g/mol. The van der Waals surface area contributed by atoms with Crippen molar-refractivity contribution in [3.8, 4) is 0 Å². The molecule has 0 aliphatic rings. The molecule has 2 atom stereocenters. The lowest BCUT2D eigenvalue weighted by atomic mass is 9.72. The first-order valence-electron chi connectivity index (χ1n) is 7.06. The molecular weight excluding hydrogens is 220 g/mol. The first-order chi connectivity index (χ1) is 8.70. The third kappa shape index (κ3) is 3.46. The highest BCUT2D eigenvalue weighted by atomic mass is 16.3. The third-order valence-electron chi connectivity index (χ3n) is 3.78. The van der Waals surface area contributed by atoms with E-state index in [2.05, 4.69) is 20.4 Å². The highest BCUT2D eigenvalue weighted by molar-refractivity contribution is 5.21. The van der Waals surface area contributed by atoms with E-state index < -0.39 is 6.10 Å². The Kier molecular flexibility index (Phi) is 6.14. The van der Waals surface area contributed by atoms with Crippen molar-refractivity contribution in [1.82, 2.24) is 0 Å². The summed E-state index contributed by atoms with van der Waals surface area (Å²) < 4.78 is 0. The zero-order chi connectivity index (χ0) is 13.4. The number of aliphatic hydroxyl groups is 1. The van der Waals surface area contributed by atoms with E-state index in [1.807, 2.05) is 36.4 Å². The van der Waals surface area contributed by atoms with Gasteiger partial charge in [0.05, 0.1) is 6.10 Å². The molecule has 1 nitrogen and oxygen atoms in total. The van der Waals surface area contributed by atoms with Crippen molar-refractivity contribution in [2.75, 3.05) is 0 Å². The van der Waals surface area contributed by atoms with Crippen molar-refractivity contribution in [3.63, 3.8) is 0 Å². The number of aliphatic hydroxyl groups excluding tert-OH is 1. The Labute approximate surface area is 112 Å². The highest BCUT2D eigenvalue weighted by Gasteiger charge is 2.34. The van der Waals surface area contributed by atoms with Crippen LogP contribution in [0.5, 0.6) is 0 Å². The maximum Gasteiger partial charge on any atom is 0.0880 e. The highest BCUT2D eigenvalue weighted by Crippen LogP contribution is 2.43. The van der Waals surface area contributed by atoms with Crippen molar-refractivity contribution >= 4 is 0 Å². The molecule has 1 aromatic rings. The lowest BCUT2D eigenvalue weighted by Gasteiger charge is -2.36. The second-order valence-corrected chi connectivity index (χ2v) is 5.10. The van der Waals surface area contributed by atoms with Gasteiger partial charge in [-0.3, -0.25) is 0 Å². The van der Waals surface area contributed by atoms with Gasteiger partial charge < -0.3 is 5.11 Å². The SMILES string of the molecule is C=C[C@](CCC)(CCCC)[C@H](O)c1ccccc1. The second kappa shape index (κ2) is 7.38. The van der Waals surface area contributed by atoms with Crippen LogP contribution < -0.4 is 0 Å². The van der Waals surface area contributed by atoms with Gasteiger partial charge in [-0.15, -0.1) is 6.58 Å². The minimum Gasteiger partial charge on any atom is -0.388 e. The molecule has 1 heteroatoms. The van der Waals surface area contributed by atoms with Gasteiger partial charge in [-0.05, 0) is 18.4 Å². The van der Waals surface area contributed by atoms with Gasteiger partial charge in [0.15, 0.2) is 0 Å². The number of benzene rings is 1. The number of hydrogen-bond acceptors (Lipinski definition) is 1. The second-order valence-electron chi connectivity index (χ2n) is 5.10. The summed E-state index contributed by atoms with van der Waals surface area (Å²) in [6.45, 7) is 8.35.